The number of amides is 1. The van der Waals surface area contributed by atoms with Crippen LogP contribution in [0, 0.1) is 6.92 Å². The SMILES string of the molecule is CCCCOc1cccc(NC(=O)COc2c(C)cc(Br)cc2Br)c1. The fourth-order valence-corrected chi connectivity index (χ4v) is 3.76. The highest BCUT2D eigenvalue weighted by Gasteiger charge is 2.10. The molecule has 0 atom stereocenters. The molecule has 0 aromatic heterocycles. The van der Waals surface area contributed by atoms with E-state index in [1.807, 2.05) is 43.3 Å². The van der Waals surface area contributed by atoms with Gasteiger partial charge in [0, 0.05) is 16.2 Å². The summed E-state index contributed by atoms with van der Waals surface area (Å²) in [6, 6.07) is 11.2. The maximum atomic E-state index is 12.1. The number of benzene rings is 2. The predicted molar refractivity (Wildman–Crippen MR) is 108 cm³/mol. The molecular formula is C19H21Br2NO3. The van der Waals surface area contributed by atoms with E-state index in [0.717, 1.165) is 33.1 Å². The van der Waals surface area contributed by atoms with Crippen LogP contribution in [0.15, 0.2) is 45.3 Å². The topological polar surface area (TPSA) is 47.6 Å². The maximum absolute atomic E-state index is 12.1. The van der Waals surface area contributed by atoms with Crippen molar-refractivity contribution in [2.75, 3.05) is 18.5 Å². The first-order chi connectivity index (χ1) is 12.0. The highest BCUT2D eigenvalue weighted by Crippen LogP contribution is 2.32. The molecule has 0 heterocycles. The van der Waals surface area contributed by atoms with E-state index in [4.69, 9.17) is 9.47 Å². The van der Waals surface area contributed by atoms with E-state index in [-0.39, 0.29) is 12.5 Å². The van der Waals surface area contributed by atoms with Crippen molar-refractivity contribution in [3.8, 4) is 11.5 Å². The third kappa shape index (κ3) is 6.36. The number of halogens is 2. The number of rotatable bonds is 8. The highest BCUT2D eigenvalue weighted by molar-refractivity contribution is 9.11. The second-order valence-corrected chi connectivity index (χ2v) is 7.37. The number of hydrogen-bond donors (Lipinski definition) is 1. The largest absolute Gasteiger partial charge is 0.494 e. The Bertz CT molecular complexity index is 711. The Morgan fingerprint density at radius 2 is 1.96 bits per heavy atom. The quantitative estimate of drug-likeness (QED) is 0.502. The number of carbonyl (C=O) groups is 1. The first-order valence-electron chi connectivity index (χ1n) is 8.10. The van der Waals surface area contributed by atoms with Crippen LogP contribution in [0.5, 0.6) is 11.5 Å². The number of nitrogens with one attached hydrogen (secondary N) is 1. The maximum Gasteiger partial charge on any atom is 0.262 e. The van der Waals surface area contributed by atoms with Crippen molar-refractivity contribution in [3.05, 3.63) is 50.9 Å². The molecule has 6 heteroatoms. The number of anilines is 1. The molecule has 0 bridgehead atoms. The van der Waals surface area contributed by atoms with Gasteiger partial charge in [-0.1, -0.05) is 35.3 Å². The molecule has 2 rings (SSSR count). The van der Waals surface area contributed by atoms with Crippen LogP contribution in [0.4, 0.5) is 5.69 Å². The lowest BCUT2D eigenvalue weighted by Gasteiger charge is -2.12. The summed E-state index contributed by atoms with van der Waals surface area (Å²) in [7, 11) is 0. The van der Waals surface area contributed by atoms with Gasteiger partial charge < -0.3 is 14.8 Å². The van der Waals surface area contributed by atoms with Crippen molar-refractivity contribution >= 4 is 43.5 Å². The van der Waals surface area contributed by atoms with Crippen LogP contribution in [0.25, 0.3) is 0 Å². The summed E-state index contributed by atoms with van der Waals surface area (Å²) in [6.45, 7) is 4.65. The zero-order chi connectivity index (χ0) is 18.2. The normalized spacial score (nSPS) is 10.4. The van der Waals surface area contributed by atoms with Crippen LogP contribution < -0.4 is 14.8 Å². The van der Waals surface area contributed by atoms with Gasteiger partial charge in [-0.2, -0.15) is 0 Å². The van der Waals surface area contributed by atoms with E-state index in [2.05, 4.69) is 44.1 Å². The van der Waals surface area contributed by atoms with Crippen molar-refractivity contribution < 1.29 is 14.3 Å². The first kappa shape index (κ1) is 19.8. The van der Waals surface area contributed by atoms with Gasteiger partial charge in [-0.3, -0.25) is 4.79 Å². The van der Waals surface area contributed by atoms with Crippen molar-refractivity contribution in [2.45, 2.75) is 26.7 Å². The Morgan fingerprint density at radius 1 is 1.16 bits per heavy atom. The Balaban J connectivity index is 1.91. The second kappa shape index (κ2) is 9.82. The van der Waals surface area contributed by atoms with Gasteiger partial charge in [0.1, 0.15) is 11.5 Å². The monoisotopic (exact) mass is 469 g/mol. The van der Waals surface area contributed by atoms with E-state index in [0.29, 0.717) is 18.0 Å². The summed E-state index contributed by atoms with van der Waals surface area (Å²) in [6.07, 6.45) is 2.09. The van der Waals surface area contributed by atoms with E-state index in [1.165, 1.54) is 0 Å². The zero-order valence-corrected chi connectivity index (χ0v) is 17.4. The Labute approximate surface area is 165 Å². The number of hydrogen-bond acceptors (Lipinski definition) is 3. The molecule has 25 heavy (non-hydrogen) atoms. The molecule has 0 aliphatic rings. The van der Waals surface area contributed by atoms with Gasteiger partial charge >= 0.3 is 0 Å². The minimum atomic E-state index is -0.222. The van der Waals surface area contributed by atoms with Crippen LogP contribution in [0.2, 0.25) is 0 Å². The summed E-state index contributed by atoms with van der Waals surface area (Å²) in [5, 5.41) is 2.82. The third-order valence-electron chi connectivity index (χ3n) is 3.43. The molecule has 0 radical (unpaired) electrons. The zero-order valence-electron chi connectivity index (χ0n) is 14.3. The second-order valence-electron chi connectivity index (χ2n) is 5.60. The molecule has 2 aromatic rings. The summed E-state index contributed by atoms with van der Waals surface area (Å²) in [5.41, 5.74) is 1.63. The van der Waals surface area contributed by atoms with Crippen LogP contribution in [-0.4, -0.2) is 19.1 Å². The van der Waals surface area contributed by atoms with Crippen molar-refractivity contribution in [3.63, 3.8) is 0 Å². The lowest BCUT2D eigenvalue weighted by atomic mass is 10.2. The van der Waals surface area contributed by atoms with Gasteiger partial charge in [0.05, 0.1) is 11.1 Å². The summed E-state index contributed by atoms with van der Waals surface area (Å²) < 4.78 is 13.1. The Hall–Kier alpha value is -1.53. The summed E-state index contributed by atoms with van der Waals surface area (Å²) >= 11 is 6.87. The molecule has 0 aliphatic heterocycles. The summed E-state index contributed by atoms with van der Waals surface area (Å²) in [5.74, 6) is 1.19. The van der Waals surface area contributed by atoms with E-state index in [1.54, 1.807) is 0 Å². The highest BCUT2D eigenvalue weighted by atomic mass is 79.9. The molecule has 0 saturated heterocycles. The molecule has 2 aromatic carbocycles. The van der Waals surface area contributed by atoms with Crippen molar-refractivity contribution in [1.82, 2.24) is 0 Å². The fraction of sp³-hybridized carbons (Fsp3) is 0.316. The molecule has 1 amide bonds. The van der Waals surface area contributed by atoms with Gasteiger partial charge in [0.25, 0.3) is 5.91 Å². The minimum absolute atomic E-state index is 0.0675. The predicted octanol–water partition coefficient (Wildman–Crippen LogP) is 5.72. The number of unbranched alkanes of at least 4 members (excludes halogenated alkanes) is 1. The van der Waals surface area contributed by atoms with Gasteiger partial charge in [-0.05, 0) is 59.1 Å². The lowest BCUT2D eigenvalue weighted by molar-refractivity contribution is -0.118. The molecular weight excluding hydrogens is 450 g/mol. The number of carbonyl (C=O) groups excluding carboxylic acids is 1. The van der Waals surface area contributed by atoms with E-state index < -0.39 is 0 Å². The Morgan fingerprint density at radius 3 is 2.68 bits per heavy atom. The molecule has 134 valence electrons. The van der Waals surface area contributed by atoms with Crippen LogP contribution >= 0.6 is 31.9 Å². The van der Waals surface area contributed by atoms with Crippen LogP contribution in [0.3, 0.4) is 0 Å². The standard InChI is InChI=1S/C19H21Br2NO3/c1-3-4-8-24-16-7-5-6-15(11-16)22-18(23)12-25-19-13(2)9-14(20)10-17(19)21/h5-7,9-11H,3-4,8,12H2,1-2H3,(H,22,23). The fourth-order valence-electron chi connectivity index (χ4n) is 2.20. The average Bonchev–Trinajstić information content (AvgIpc) is 2.54. The number of aryl methyl sites for hydroxylation is 1. The Kier molecular flexibility index (Phi) is 7.78. The van der Waals surface area contributed by atoms with Crippen LogP contribution in [0.1, 0.15) is 25.3 Å². The molecule has 0 aliphatic carbocycles. The van der Waals surface area contributed by atoms with Crippen LogP contribution in [-0.2, 0) is 4.79 Å². The molecule has 0 saturated carbocycles. The van der Waals surface area contributed by atoms with Gasteiger partial charge in [0.15, 0.2) is 6.61 Å². The van der Waals surface area contributed by atoms with E-state index >= 15 is 0 Å². The lowest BCUT2D eigenvalue weighted by Crippen LogP contribution is -2.20. The third-order valence-corrected chi connectivity index (χ3v) is 4.47. The minimum Gasteiger partial charge on any atom is -0.494 e. The molecule has 0 spiro atoms. The first-order valence-corrected chi connectivity index (χ1v) is 9.69. The van der Waals surface area contributed by atoms with Gasteiger partial charge in [-0.15, -0.1) is 0 Å². The smallest absolute Gasteiger partial charge is 0.262 e. The van der Waals surface area contributed by atoms with Gasteiger partial charge in [-0.25, -0.2) is 0 Å². The van der Waals surface area contributed by atoms with Gasteiger partial charge in [0.2, 0.25) is 0 Å². The van der Waals surface area contributed by atoms with E-state index in [9.17, 15) is 4.79 Å². The molecule has 0 fully saturated rings. The summed E-state index contributed by atoms with van der Waals surface area (Å²) in [4.78, 5) is 12.1. The van der Waals surface area contributed by atoms with Crippen molar-refractivity contribution in [1.29, 1.82) is 0 Å². The van der Waals surface area contributed by atoms with Crippen molar-refractivity contribution in [2.24, 2.45) is 0 Å². The molecule has 1 N–H and O–H groups in total. The number of ether oxygens (including phenoxy) is 2. The molecule has 0 unspecified atom stereocenters. The molecule has 4 nitrogen and oxygen atoms in total. The average molecular weight is 471 g/mol.